The summed E-state index contributed by atoms with van der Waals surface area (Å²) in [5, 5.41) is 8.82. The second-order valence-corrected chi connectivity index (χ2v) is 3.35. The van der Waals surface area contributed by atoms with Gasteiger partial charge in [0.25, 0.3) is 0 Å². The summed E-state index contributed by atoms with van der Waals surface area (Å²) in [5.41, 5.74) is 0.247. The highest BCUT2D eigenvalue weighted by Crippen LogP contribution is 2.20. The lowest BCUT2D eigenvalue weighted by molar-refractivity contribution is -0.130. The molecule has 0 spiro atoms. The Kier molecular flexibility index (Phi) is 4.09. The molecule has 0 bridgehead atoms. The van der Waals surface area contributed by atoms with Gasteiger partial charge in [0.2, 0.25) is 0 Å². The fourth-order valence-corrected chi connectivity index (χ4v) is 1.19. The minimum atomic E-state index is -3.16. The molecular weight excluding hydrogens is 219 g/mol. The third-order valence-corrected chi connectivity index (χ3v) is 1.91. The van der Waals surface area contributed by atoms with Crippen LogP contribution >= 0.6 is 8.25 Å². The van der Waals surface area contributed by atoms with E-state index in [4.69, 9.17) is 10.00 Å². The van der Waals surface area contributed by atoms with Crippen LogP contribution in [0.25, 0.3) is 5.57 Å². The number of hydrogen-bond donors (Lipinski definition) is 2. The molecule has 0 aliphatic rings. The van der Waals surface area contributed by atoms with Crippen LogP contribution in [0.15, 0.2) is 36.6 Å². The van der Waals surface area contributed by atoms with Crippen molar-refractivity contribution in [2.24, 2.45) is 0 Å². The van der Waals surface area contributed by atoms with Crippen molar-refractivity contribution in [1.82, 2.24) is 0 Å². The second kappa shape index (κ2) is 5.34. The molecule has 1 aromatic rings. The molecule has 0 saturated carbocycles. The van der Waals surface area contributed by atoms with Crippen molar-refractivity contribution in [3.05, 3.63) is 42.2 Å². The van der Waals surface area contributed by atoms with Gasteiger partial charge in [-0.05, 0) is 5.56 Å². The fraction of sp³-hybridized carbons (Fsp3) is 0. The van der Waals surface area contributed by atoms with E-state index in [1.54, 1.807) is 30.3 Å². The smallest absolute Gasteiger partial charge is 0.364 e. The molecule has 0 heterocycles. The van der Waals surface area contributed by atoms with E-state index in [1.165, 1.54) is 0 Å². The van der Waals surface area contributed by atoms with Crippen LogP contribution in [0.1, 0.15) is 5.56 Å². The maximum Gasteiger partial charge on any atom is 0.364 e. The van der Waals surface area contributed by atoms with Crippen molar-refractivity contribution >= 4 is 19.8 Å². The van der Waals surface area contributed by atoms with Gasteiger partial charge in [-0.1, -0.05) is 30.3 Å². The van der Waals surface area contributed by atoms with Crippen LogP contribution in [0.5, 0.6) is 0 Å². The number of aliphatic carboxylic acids is 1. The molecule has 5 nitrogen and oxygen atoms in total. The zero-order chi connectivity index (χ0) is 11.3. The summed E-state index contributed by atoms with van der Waals surface area (Å²) in [7, 11) is -3.16. The topological polar surface area (TPSA) is 83.8 Å². The van der Waals surface area contributed by atoms with Crippen LogP contribution < -0.4 is 0 Å². The van der Waals surface area contributed by atoms with E-state index in [1.807, 2.05) is 0 Å². The molecule has 0 radical (unpaired) electrons. The van der Waals surface area contributed by atoms with Crippen molar-refractivity contribution in [3.8, 4) is 0 Å². The van der Waals surface area contributed by atoms with Crippen molar-refractivity contribution in [2.75, 3.05) is 0 Å². The van der Waals surface area contributed by atoms with Crippen LogP contribution in [-0.2, 0) is 13.9 Å². The number of hydrogen-bond acceptors (Lipinski definition) is 3. The summed E-state index contributed by atoms with van der Waals surface area (Å²) in [5.74, 6) is -1.22. The molecule has 1 aromatic carbocycles. The number of carbonyl (C=O) groups is 1. The van der Waals surface area contributed by atoms with Gasteiger partial charge in [0, 0.05) is 0 Å². The molecule has 0 amide bonds. The lowest BCUT2D eigenvalue weighted by Crippen LogP contribution is -1.99. The zero-order valence-corrected chi connectivity index (χ0v) is 8.58. The Hall–Kier alpha value is -1.58. The molecule has 2 N–H and O–H groups in total. The third-order valence-electron chi connectivity index (χ3n) is 1.59. The van der Waals surface area contributed by atoms with Crippen LogP contribution in [0, 0.1) is 0 Å². The number of carboxylic acids is 1. The molecule has 1 unspecified atom stereocenters. The summed E-state index contributed by atoms with van der Waals surface area (Å²) in [6.07, 6.45) is 0.777. The van der Waals surface area contributed by atoms with Gasteiger partial charge in [-0.3, -0.25) is 0 Å². The van der Waals surface area contributed by atoms with E-state index in [0.29, 0.717) is 5.56 Å². The third kappa shape index (κ3) is 3.58. The van der Waals surface area contributed by atoms with Gasteiger partial charge >= 0.3 is 14.2 Å². The Morgan fingerprint density at radius 1 is 1.33 bits per heavy atom. The van der Waals surface area contributed by atoms with Gasteiger partial charge in [0.15, 0.2) is 0 Å². The first kappa shape index (κ1) is 11.5. The monoisotopic (exact) mass is 228 g/mol. The van der Waals surface area contributed by atoms with Crippen LogP contribution in [0.2, 0.25) is 0 Å². The second-order valence-electron chi connectivity index (χ2n) is 2.59. The summed E-state index contributed by atoms with van der Waals surface area (Å²) >= 11 is 0. The van der Waals surface area contributed by atoms with E-state index in [-0.39, 0.29) is 5.57 Å². The first-order chi connectivity index (χ1) is 7.11. The fourth-order valence-electron chi connectivity index (χ4n) is 0.969. The zero-order valence-electron chi connectivity index (χ0n) is 7.58. The first-order valence-electron chi connectivity index (χ1n) is 3.99. The quantitative estimate of drug-likeness (QED) is 0.463. The average Bonchev–Trinajstić information content (AvgIpc) is 2.18. The Bertz CT molecular complexity index is 398. The normalized spacial score (nSPS) is 13.3. The molecule has 0 saturated heterocycles. The number of carboxylic acid groups (broad SMARTS) is 1. The van der Waals surface area contributed by atoms with Gasteiger partial charge in [0.1, 0.15) is 11.8 Å². The van der Waals surface area contributed by atoms with Crippen LogP contribution in [-0.4, -0.2) is 16.0 Å². The lowest BCUT2D eigenvalue weighted by atomic mass is 10.1. The molecule has 1 rings (SSSR count). The molecule has 0 aromatic heterocycles. The van der Waals surface area contributed by atoms with E-state index in [9.17, 15) is 9.36 Å². The van der Waals surface area contributed by atoms with Gasteiger partial charge in [-0.25, -0.2) is 9.36 Å². The Labute approximate surface area is 86.6 Å². The van der Waals surface area contributed by atoms with Gasteiger partial charge in [0.05, 0.1) is 0 Å². The standard InChI is InChI=1S/C9H9O5P/c10-9(11)8(6-14-15(12)13)7-4-2-1-3-5-7/h1-6,15H,(H,10,11)(H,12,13). The van der Waals surface area contributed by atoms with Crippen LogP contribution in [0.4, 0.5) is 0 Å². The van der Waals surface area contributed by atoms with Gasteiger partial charge in [-0.2, -0.15) is 0 Å². The lowest BCUT2D eigenvalue weighted by Gasteiger charge is -2.01. The Morgan fingerprint density at radius 2 is 1.93 bits per heavy atom. The highest BCUT2D eigenvalue weighted by atomic mass is 31.1. The Balaban J connectivity index is 2.99. The van der Waals surface area contributed by atoms with E-state index >= 15 is 0 Å². The highest BCUT2D eigenvalue weighted by molar-refractivity contribution is 7.32. The van der Waals surface area contributed by atoms with E-state index in [0.717, 1.165) is 6.26 Å². The summed E-state index contributed by atoms with van der Waals surface area (Å²) in [6, 6.07) is 8.19. The average molecular weight is 228 g/mol. The maximum atomic E-state index is 10.8. The SMILES string of the molecule is O=C(O)C(=CO[PH](=O)O)c1ccccc1. The highest BCUT2D eigenvalue weighted by Gasteiger charge is 2.10. The first-order valence-corrected chi connectivity index (χ1v) is 5.26. The molecule has 80 valence electrons. The van der Waals surface area contributed by atoms with Crippen LogP contribution in [0.3, 0.4) is 0 Å². The molecule has 15 heavy (non-hydrogen) atoms. The van der Waals surface area contributed by atoms with Crippen molar-refractivity contribution in [2.45, 2.75) is 0 Å². The number of rotatable bonds is 4. The van der Waals surface area contributed by atoms with Gasteiger partial charge in [-0.15, -0.1) is 0 Å². The minimum absolute atomic E-state index is 0.164. The number of benzene rings is 1. The van der Waals surface area contributed by atoms with E-state index in [2.05, 4.69) is 4.52 Å². The molecule has 0 fully saturated rings. The van der Waals surface area contributed by atoms with Gasteiger partial charge < -0.3 is 14.5 Å². The molecule has 0 aliphatic carbocycles. The predicted octanol–water partition coefficient (Wildman–Crippen LogP) is 1.51. The predicted molar refractivity (Wildman–Crippen MR) is 54.4 cm³/mol. The minimum Gasteiger partial charge on any atom is -0.478 e. The van der Waals surface area contributed by atoms with E-state index < -0.39 is 14.2 Å². The molecule has 1 atom stereocenters. The maximum absolute atomic E-state index is 10.8. The molecular formula is C9H9O5P. The summed E-state index contributed by atoms with van der Waals surface area (Å²) < 4.78 is 14.6. The largest absolute Gasteiger partial charge is 0.478 e. The molecule has 6 heteroatoms. The summed E-state index contributed by atoms with van der Waals surface area (Å²) in [6.45, 7) is 0. The van der Waals surface area contributed by atoms with Crippen molar-refractivity contribution in [1.29, 1.82) is 0 Å². The summed E-state index contributed by atoms with van der Waals surface area (Å²) in [4.78, 5) is 19.2. The molecule has 0 aliphatic heterocycles. The van der Waals surface area contributed by atoms with Crippen molar-refractivity contribution in [3.63, 3.8) is 0 Å². The Morgan fingerprint density at radius 3 is 2.40 bits per heavy atom. The van der Waals surface area contributed by atoms with Crippen molar-refractivity contribution < 1.29 is 23.9 Å².